The molecule has 0 spiro atoms. The van der Waals surface area contributed by atoms with Crippen molar-refractivity contribution in [1.82, 2.24) is 5.32 Å². The molecule has 68 valence electrons. The second kappa shape index (κ2) is 3.72. The highest BCUT2D eigenvalue weighted by atomic mass is 16.5. The van der Waals surface area contributed by atoms with Gasteiger partial charge in [0.05, 0.1) is 13.2 Å². The molecule has 3 nitrogen and oxygen atoms in total. The minimum atomic E-state index is -0.0226. The van der Waals surface area contributed by atoms with Gasteiger partial charge in [0.2, 0.25) is 5.91 Å². The van der Waals surface area contributed by atoms with Crippen molar-refractivity contribution in [3.05, 3.63) is 12.2 Å². The summed E-state index contributed by atoms with van der Waals surface area (Å²) in [5.41, 5.74) is 0.164. The standard InChI is InChI=1S/C9H15NO2/c1-3-4-8(11)10-5-9(2)6-12-7-9/h3-4H,5-7H2,1-2H3,(H,10,11)/b4-3+. The third kappa shape index (κ3) is 2.34. The van der Waals surface area contributed by atoms with Crippen LogP contribution in [0.4, 0.5) is 0 Å². The Bertz CT molecular complexity index is 195. The zero-order valence-corrected chi connectivity index (χ0v) is 7.59. The van der Waals surface area contributed by atoms with E-state index in [-0.39, 0.29) is 11.3 Å². The number of rotatable bonds is 3. The van der Waals surface area contributed by atoms with Crippen molar-refractivity contribution < 1.29 is 9.53 Å². The van der Waals surface area contributed by atoms with Crippen LogP contribution in [0.15, 0.2) is 12.2 Å². The third-order valence-electron chi connectivity index (χ3n) is 1.91. The Labute approximate surface area is 72.8 Å². The van der Waals surface area contributed by atoms with Crippen molar-refractivity contribution in [1.29, 1.82) is 0 Å². The smallest absolute Gasteiger partial charge is 0.243 e. The fraction of sp³-hybridized carbons (Fsp3) is 0.667. The van der Waals surface area contributed by atoms with Crippen molar-refractivity contribution in [2.75, 3.05) is 19.8 Å². The first-order valence-electron chi connectivity index (χ1n) is 4.15. The predicted octanol–water partition coefficient (Wildman–Crippen LogP) is 0.715. The summed E-state index contributed by atoms with van der Waals surface area (Å²) in [6.45, 7) is 6.14. The SMILES string of the molecule is C/C=C/C(=O)NCC1(C)COC1. The molecule has 0 atom stereocenters. The van der Waals surface area contributed by atoms with Crippen LogP contribution in [-0.4, -0.2) is 25.7 Å². The lowest BCUT2D eigenvalue weighted by Crippen LogP contribution is -2.48. The van der Waals surface area contributed by atoms with Crippen LogP contribution in [0.3, 0.4) is 0 Å². The third-order valence-corrected chi connectivity index (χ3v) is 1.91. The number of carbonyl (C=O) groups excluding carboxylic acids is 1. The van der Waals surface area contributed by atoms with Crippen molar-refractivity contribution >= 4 is 5.91 Å². The first-order valence-corrected chi connectivity index (χ1v) is 4.15. The molecule has 0 unspecified atom stereocenters. The summed E-state index contributed by atoms with van der Waals surface area (Å²) in [4.78, 5) is 11.0. The molecule has 0 bridgehead atoms. The van der Waals surface area contributed by atoms with Gasteiger partial charge in [0.1, 0.15) is 0 Å². The summed E-state index contributed by atoms with van der Waals surface area (Å²) < 4.78 is 5.06. The Hall–Kier alpha value is -0.830. The Balaban J connectivity index is 2.20. The summed E-state index contributed by atoms with van der Waals surface area (Å²) in [6, 6.07) is 0. The molecule has 0 aliphatic carbocycles. The summed E-state index contributed by atoms with van der Waals surface area (Å²) in [5.74, 6) is -0.0226. The fourth-order valence-corrected chi connectivity index (χ4v) is 1.06. The zero-order valence-electron chi connectivity index (χ0n) is 7.59. The summed E-state index contributed by atoms with van der Waals surface area (Å²) >= 11 is 0. The van der Waals surface area contributed by atoms with Gasteiger partial charge in [0, 0.05) is 12.0 Å². The van der Waals surface area contributed by atoms with Crippen molar-refractivity contribution in [3.63, 3.8) is 0 Å². The zero-order chi connectivity index (χ0) is 9.03. The van der Waals surface area contributed by atoms with Crippen molar-refractivity contribution in [3.8, 4) is 0 Å². The number of nitrogens with one attached hydrogen (secondary N) is 1. The number of ether oxygens (including phenoxy) is 1. The monoisotopic (exact) mass is 169 g/mol. The van der Waals surface area contributed by atoms with Crippen LogP contribution in [-0.2, 0) is 9.53 Å². The van der Waals surface area contributed by atoms with E-state index in [4.69, 9.17) is 4.74 Å². The van der Waals surface area contributed by atoms with Gasteiger partial charge in [-0.15, -0.1) is 0 Å². The van der Waals surface area contributed by atoms with Crippen LogP contribution in [0, 0.1) is 5.41 Å². The van der Waals surface area contributed by atoms with E-state index in [0.717, 1.165) is 13.2 Å². The molecule has 0 radical (unpaired) electrons. The van der Waals surface area contributed by atoms with Gasteiger partial charge < -0.3 is 10.1 Å². The normalized spacial score (nSPS) is 20.5. The first-order chi connectivity index (χ1) is 5.66. The van der Waals surface area contributed by atoms with E-state index in [9.17, 15) is 4.79 Å². The second-order valence-corrected chi connectivity index (χ2v) is 3.52. The summed E-state index contributed by atoms with van der Waals surface area (Å²) in [6.07, 6.45) is 3.26. The molecule has 1 N–H and O–H groups in total. The molecule has 0 saturated carbocycles. The highest BCUT2D eigenvalue weighted by molar-refractivity contribution is 5.87. The lowest BCUT2D eigenvalue weighted by molar-refractivity contribution is -0.122. The van der Waals surface area contributed by atoms with E-state index >= 15 is 0 Å². The Morgan fingerprint density at radius 2 is 2.33 bits per heavy atom. The van der Waals surface area contributed by atoms with E-state index in [1.54, 1.807) is 6.08 Å². The molecule has 0 aromatic rings. The van der Waals surface area contributed by atoms with Gasteiger partial charge in [-0.05, 0) is 13.0 Å². The van der Waals surface area contributed by atoms with Crippen LogP contribution in [0.25, 0.3) is 0 Å². The largest absolute Gasteiger partial charge is 0.380 e. The summed E-state index contributed by atoms with van der Waals surface area (Å²) in [5, 5.41) is 2.82. The predicted molar refractivity (Wildman–Crippen MR) is 46.7 cm³/mol. The number of hydrogen-bond acceptors (Lipinski definition) is 2. The quantitative estimate of drug-likeness (QED) is 0.632. The van der Waals surface area contributed by atoms with Crippen LogP contribution in [0.1, 0.15) is 13.8 Å². The van der Waals surface area contributed by atoms with Crippen LogP contribution in [0.2, 0.25) is 0 Å². The fourth-order valence-electron chi connectivity index (χ4n) is 1.06. The molecule has 1 amide bonds. The van der Waals surface area contributed by atoms with Crippen LogP contribution < -0.4 is 5.32 Å². The topological polar surface area (TPSA) is 38.3 Å². The Kier molecular flexibility index (Phi) is 2.87. The first kappa shape index (κ1) is 9.26. The van der Waals surface area contributed by atoms with Gasteiger partial charge in [0.15, 0.2) is 0 Å². The van der Waals surface area contributed by atoms with Gasteiger partial charge in [-0.2, -0.15) is 0 Å². The highest BCUT2D eigenvalue weighted by Gasteiger charge is 2.33. The molecular weight excluding hydrogens is 154 g/mol. The van der Waals surface area contributed by atoms with Crippen LogP contribution in [0.5, 0.6) is 0 Å². The molecule has 1 aliphatic heterocycles. The average Bonchev–Trinajstić information content (AvgIpc) is 1.98. The Morgan fingerprint density at radius 3 is 2.75 bits per heavy atom. The van der Waals surface area contributed by atoms with Gasteiger partial charge >= 0.3 is 0 Å². The highest BCUT2D eigenvalue weighted by Crippen LogP contribution is 2.24. The van der Waals surface area contributed by atoms with Gasteiger partial charge in [0.25, 0.3) is 0 Å². The number of allylic oxidation sites excluding steroid dienone is 1. The molecule has 1 saturated heterocycles. The molecule has 12 heavy (non-hydrogen) atoms. The van der Waals surface area contributed by atoms with Crippen LogP contribution >= 0.6 is 0 Å². The van der Waals surface area contributed by atoms with Gasteiger partial charge in [-0.3, -0.25) is 4.79 Å². The number of amides is 1. The Morgan fingerprint density at radius 1 is 1.67 bits per heavy atom. The van der Waals surface area contributed by atoms with Crippen molar-refractivity contribution in [2.45, 2.75) is 13.8 Å². The molecule has 1 heterocycles. The van der Waals surface area contributed by atoms with Gasteiger partial charge in [-0.25, -0.2) is 0 Å². The average molecular weight is 169 g/mol. The lowest BCUT2D eigenvalue weighted by Gasteiger charge is -2.37. The molecule has 0 aromatic heterocycles. The van der Waals surface area contributed by atoms with E-state index in [0.29, 0.717) is 6.54 Å². The van der Waals surface area contributed by atoms with E-state index in [2.05, 4.69) is 12.2 Å². The number of carbonyl (C=O) groups is 1. The van der Waals surface area contributed by atoms with E-state index in [1.807, 2.05) is 6.92 Å². The minimum Gasteiger partial charge on any atom is -0.380 e. The molecular formula is C9H15NO2. The number of hydrogen-bond donors (Lipinski definition) is 1. The maximum atomic E-state index is 11.0. The molecule has 1 fully saturated rings. The van der Waals surface area contributed by atoms with E-state index < -0.39 is 0 Å². The van der Waals surface area contributed by atoms with Crippen molar-refractivity contribution in [2.24, 2.45) is 5.41 Å². The molecule has 0 aromatic carbocycles. The lowest BCUT2D eigenvalue weighted by atomic mass is 9.89. The maximum absolute atomic E-state index is 11.0. The molecule has 3 heteroatoms. The van der Waals surface area contributed by atoms with E-state index in [1.165, 1.54) is 6.08 Å². The molecule has 1 rings (SSSR count). The summed E-state index contributed by atoms with van der Waals surface area (Å²) in [7, 11) is 0. The minimum absolute atomic E-state index is 0.0226. The molecule has 1 aliphatic rings. The maximum Gasteiger partial charge on any atom is 0.243 e. The second-order valence-electron chi connectivity index (χ2n) is 3.52. The van der Waals surface area contributed by atoms with Gasteiger partial charge in [-0.1, -0.05) is 13.0 Å².